The van der Waals surface area contributed by atoms with Gasteiger partial charge in [0.05, 0.1) is 25.4 Å². The number of hydrogen-bond acceptors (Lipinski definition) is 4. The van der Waals surface area contributed by atoms with E-state index in [2.05, 4.69) is 4.98 Å². The first kappa shape index (κ1) is 12.8. The molecule has 0 amide bonds. The highest BCUT2D eigenvalue weighted by molar-refractivity contribution is 7.16. The van der Waals surface area contributed by atoms with Crippen molar-refractivity contribution in [1.29, 1.82) is 0 Å². The van der Waals surface area contributed by atoms with Crippen LogP contribution in [-0.2, 0) is 6.54 Å². The van der Waals surface area contributed by atoms with Gasteiger partial charge in [0.1, 0.15) is 16.4 Å². The third-order valence-electron chi connectivity index (χ3n) is 3.03. The van der Waals surface area contributed by atoms with Crippen LogP contribution in [-0.4, -0.2) is 16.7 Å². The molecule has 3 aromatic rings. The third-order valence-corrected chi connectivity index (χ3v) is 3.85. The Hall–Kier alpha value is -2.21. The zero-order valence-electron chi connectivity index (χ0n) is 10.7. The van der Waals surface area contributed by atoms with Crippen molar-refractivity contribution in [1.82, 2.24) is 9.55 Å². The molecule has 0 fully saturated rings. The van der Waals surface area contributed by atoms with Crippen LogP contribution >= 0.6 is 11.3 Å². The van der Waals surface area contributed by atoms with E-state index in [-0.39, 0.29) is 17.9 Å². The van der Waals surface area contributed by atoms with E-state index >= 15 is 0 Å². The van der Waals surface area contributed by atoms with E-state index in [4.69, 9.17) is 4.74 Å². The molecule has 0 saturated carbocycles. The van der Waals surface area contributed by atoms with Gasteiger partial charge in [0.25, 0.3) is 5.56 Å². The quantitative estimate of drug-likeness (QED) is 0.745. The lowest BCUT2D eigenvalue weighted by Gasteiger charge is -2.10. The zero-order valence-corrected chi connectivity index (χ0v) is 11.5. The van der Waals surface area contributed by atoms with Crippen LogP contribution in [0.4, 0.5) is 4.39 Å². The number of rotatable bonds is 3. The van der Waals surface area contributed by atoms with Crippen molar-refractivity contribution < 1.29 is 9.13 Å². The molecule has 102 valence electrons. The van der Waals surface area contributed by atoms with Crippen LogP contribution in [0, 0.1) is 5.82 Å². The number of halogens is 1. The molecular weight excluding hydrogens is 279 g/mol. The number of thiophene rings is 1. The van der Waals surface area contributed by atoms with Gasteiger partial charge >= 0.3 is 0 Å². The molecule has 2 heterocycles. The van der Waals surface area contributed by atoms with E-state index < -0.39 is 0 Å². The van der Waals surface area contributed by atoms with Crippen LogP contribution in [0.5, 0.6) is 5.75 Å². The second kappa shape index (κ2) is 5.05. The van der Waals surface area contributed by atoms with Crippen molar-refractivity contribution in [3.63, 3.8) is 0 Å². The van der Waals surface area contributed by atoms with Crippen molar-refractivity contribution in [3.05, 3.63) is 57.7 Å². The zero-order chi connectivity index (χ0) is 14.1. The molecule has 2 aromatic heterocycles. The molecule has 0 aliphatic heterocycles. The van der Waals surface area contributed by atoms with Gasteiger partial charge in [-0.1, -0.05) is 0 Å². The molecule has 0 radical (unpaired) electrons. The largest absolute Gasteiger partial charge is 0.496 e. The number of hydrogen-bond donors (Lipinski definition) is 0. The molecular formula is C14H11FN2O2S. The van der Waals surface area contributed by atoms with E-state index in [0.717, 1.165) is 0 Å². The summed E-state index contributed by atoms with van der Waals surface area (Å²) in [7, 11) is 1.51. The number of nitrogens with zero attached hydrogens (tertiary/aromatic N) is 2. The molecule has 1 aromatic carbocycles. The molecule has 0 atom stereocenters. The van der Waals surface area contributed by atoms with Gasteiger partial charge in [-0.3, -0.25) is 9.36 Å². The maximum absolute atomic E-state index is 13.3. The molecule has 3 rings (SSSR count). The molecule has 0 saturated heterocycles. The number of fused-ring (bicyclic) bond motifs is 1. The summed E-state index contributed by atoms with van der Waals surface area (Å²) in [6.45, 7) is 0.221. The van der Waals surface area contributed by atoms with E-state index in [1.54, 1.807) is 12.1 Å². The summed E-state index contributed by atoms with van der Waals surface area (Å²) in [5.74, 6) is 0.183. The Morgan fingerprint density at radius 1 is 1.40 bits per heavy atom. The Morgan fingerprint density at radius 2 is 2.25 bits per heavy atom. The van der Waals surface area contributed by atoms with Crippen LogP contribution in [0.2, 0.25) is 0 Å². The van der Waals surface area contributed by atoms with Crippen LogP contribution in [0.15, 0.2) is 40.8 Å². The minimum absolute atomic E-state index is 0.137. The van der Waals surface area contributed by atoms with Crippen molar-refractivity contribution in [2.45, 2.75) is 6.54 Å². The Bertz CT molecular complexity index is 825. The SMILES string of the molecule is COc1ccc(F)cc1Cn1cnc2sccc2c1=O. The minimum Gasteiger partial charge on any atom is -0.496 e. The third kappa shape index (κ3) is 2.18. The van der Waals surface area contributed by atoms with Crippen LogP contribution in [0.1, 0.15) is 5.56 Å². The normalized spacial score (nSPS) is 10.9. The smallest absolute Gasteiger partial charge is 0.262 e. The fraction of sp³-hybridized carbons (Fsp3) is 0.143. The summed E-state index contributed by atoms with van der Waals surface area (Å²) >= 11 is 1.42. The maximum Gasteiger partial charge on any atom is 0.262 e. The summed E-state index contributed by atoms with van der Waals surface area (Å²) in [4.78, 5) is 17.2. The second-order valence-electron chi connectivity index (χ2n) is 4.27. The topological polar surface area (TPSA) is 44.1 Å². The molecule has 4 nitrogen and oxygen atoms in total. The lowest BCUT2D eigenvalue weighted by molar-refractivity contribution is 0.406. The van der Waals surface area contributed by atoms with E-state index in [1.807, 2.05) is 5.38 Å². The molecule has 0 aliphatic carbocycles. The fourth-order valence-electron chi connectivity index (χ4n) is 2.06. The van der Waals surface area contributed by atoms with Crippen molar-refractivity contribution in [2.24, 2.45) is 0 Å². The number of ether oxygens (including phenoxy) is 1. The first-order valence-corrected chi connectivity index (χ1v) is 6.82. The number of methoxy groups -OCH3 is 1. The predicted molar refractivity (Wildman–Crippen MR) is 75.9 cm³/mol. The van der Waals surface area contributed by atoms with Gasteiger partial charge in [0, 0.05) is 5.56 Å². The van der Waals surface area contributed by atoms with Gasteiger partial charge in [-0.2, -0.15) is 0 Å². The van der Waals surface area contributed by atoms with Gasteiger partial charge in [0.2, 0.25) is 0 Å². The Kier molecular flexibility index (Phi) is 3.23. The average Bonchev–Trinajstić information content (AvgIpc) is 2.91. The highest BCUT2D eigenvalue weighted by Crippen LogP contribution is 2.20. The van der Waals surface area contributed by atoms with Gasteiger partial charge in [-0.25, -0.2) is 9.37 Å². The molecule has 0 spiro atoms. The van der Waals surface area contributed by atoms with Gasteiger partial charge in [-0.05, 0) is 29.6 Å². The van der Waals surface area contributed by atoms with Crippen LogP contribution in [0.3, 0.4) is 0 Å². The summed E-state index contributed by atoms with van der Waals surface area (Å²) < 4.78 is 20.0. The summed E-state index contributed by atoms with van der Waals surface area (Å²) in [5.41, 5.74) is 0.466. The second-order valence-corrected chi connectivity index (χ2v) is 5.17. The first-order valence-electron chi connectivity index (χ1n) is 5.94. The van der Waals surface area contributed by atoms with Crippen molar-refractivity contribution in [2.75, 3.05) is 7.11 Å². The summed E-state index contributed by atoms with van der Waals surface area (Å²) in [5, 5.41) is 2.40. The minimum atomic E-state index is -0.363. The molecule has 0 N–H and O–H groups in total. The lowest BCUT2D eigenvalue weighted by Crippen LogP contribution is -2.20. The Balaban J connectivity index is 2.07. The predicted octanol–water partition coefficient (Wildman–Crippen LogP) is 2.65. The molecule has 0 unspecified atom stereocenters. The molecule has 20 heavy (non-hydrogen) atoms. The number of aromatic nitrogens is 2. The first-order chi connectivity index (χ1) is 9.69. The Morgan fingerprint density at radius 3 is 3.05 bits per heavy atom. The fourth-order valence-corrected chi connectivity index (χ4v) is 2.78. The highest BCUT2D eigenvalue weighted by Gasteiger charge is 2.09. The van der Waals surface area contributed by atoms with Crippen LogP contribution < -0.4 is 10.3 Å². The average molecular weight is 290 g/mol. The molecule has 6 heteroatoms. The van der Waals surface area contributed by atoms with Crippen LogP contribution in [0.25, 0.3) is 10.2 Å². The highest BCUT2D eigenvalue weighted by atomic mass is 32.1. The Labute approximate surface area is 118 Å². The molecule has 0 bridgehead atoms. The summed E-state index contributed by atoms with van der Waals surface area (Å²) in [6.07, 6.45) is 1.48. The maximum atomic E-state index is 13.3. The van der Waals surface area contributed by atoms with Gasteiger partial charge in [0.15, 0.2) is 0 Å². The van der Waals surface area contributed by atoms with E-state index in [0.29, 0.717) is 21.5 Å². The van der Waals surface area contributed by atoms with Gasteiger partial charge < -0.3 is 4.74 Å². The van der Waals surface area contributed by atoms with Crippen molar-refractivity contribution in [3.8, 4) is 5.75 Å². The lowest BCUT2D eigenvalue weighted by atomic mass is 10.2. The summed E-state index contributed by atoms with van der Waals surface area (Å²) in [6, 6.07) is 5.98. The van der Waals surface area contributed by atoms with E-state index in [1.165, 1.54) is 41.5 Å². The van der Waals surface area contributed by atoms with Gasteiger partial charge in [-0.15, -0.1) is 11.3 Å². The number of benzene rings is 1. The monoisotopic (exact) mass is 290 g/mol. The molecule has 0 aliphatic rings. The standard InChI is InChI=1S/C14H11FN2O2S/c1-19-12-3-2-10(15)6-9(12)7-17-8-16-13-11(14(17)18)4-5-20-13/h2-6,8H,7H2,1H3. The van der Waals surface area contributed by atoms with Crippen molar-refractivity contribution >= 4 is 21.6 Å². The van der Waals surface area contributed by atoms with E-state index in [9.17, 15) is 9.18 Å².